The van der Waals surface area contributed by atoms with E-state index < -0.39 is 6.10 Å². The van der Waals surface area contributed by atoms with Crippen LogP contribution in [-0.4, -0.2) is 37.2 Å². The summed E-state index contributed by atoms with van der Waals surface area (Å²) in [5, 5.41) is 0. The van der Waals surface area contributed by atoms with E-state index in [2.05, 4.69) is 69.4 Å². The second-order valence-electron chi connectivity index (χ2n) is 13.6. The molecule has 0 aliphatic carbocycles. The molecule has 0 radical (unpaired) electrons. The summed E-state index contributed by atoms with van der Waals surface area (Å²) in [6.45, 7) is 6.24. The van der Waals surface area contributed by atoms with Gasteiger partial charge >= 0.3 is 17.9 Å². The largest absolute Gasteiger partial charge is 0.462 e. The van der Waals surface area contributed by atoms with E-state index in [4.69, 9.17) is 14.2 Å². The third-order valence-electron chi connectivity index (χ3n) is 8.46. The van der Waals surface area contributed by atoms with Gasteiger partial charge in [0.25, 0.3) is 0 Å². The van der Waals surface area contributed by atoms with Crippen molar-refractivity contribution in [2.24, 2.45) is 0 Å². The minimum Gasteiger partial charge on any atom is -0.462 e. The Morgan fingerprint density at radius 2 is 0.833 bits per heavy atom. The van der Waals surface area contributed by atoms with Crippen LogP contribution in [0.5, 0.6) is 0 Å². The summed E-state index contributed by atoms with van der Waals surface area (Å²) in [5.41, 5.74) is 0. The van der Waals surface area contributed by atoms with E-state index in [1.54, 1.807) is 0 Å². The van der Waals surface area contributed by atoms with Crippen molar-refractivity contribution in [2.75, 3.05) is 13.2 Å². The maximum absolute atomic E-state index is 12.6. The van der Waals surface area contributed by atoms with Gasteiger partial charge in [-0.05, 0) is 64.2 Å². The molecule has 304 valence electrons. The first-order valence-electron chi connectivity index (χ1n) is 21.3. The fraction of sp³-hybridized carbons (Fsp3) is 0.604. The second kappa shape index (κ2) is 42.1. The number of carbonyl (C=O) groups excluding carboxylic acids is 3. The van der Waals surface area contributed by atoms with Crippen molar-refractivity contribution in [3.8, 4) is 0 Å². The van der Waals surface area contributed by atoms with Crippen molar-refractivity contribution in [1.82, 2.24) is 0 Å². The lowest BCUT2D eigenvalue weighted by molar-refractivity contribution is -0.167. The van der Waals surface area contributed by atoms with Crippen LogP contribution in [0.3, 0.4) is 0 Å². The molecule has 1 atom stereocenters. The van der Waals surface area contributed by atoms with Gasteiger partial charge < -0.3 is 14.2 Å². The number of unbranched alkanes of at least 4 members (excludes halogenated alkanes) is 13. The van der Waals surface area contributed by atoms with Crippen molar-refractivity contribution in [2.45, 2.75) is 175 Å². The molecule has 0 saturated heterocycles. The standard InChI is InChI=1S/C48H76O6/c1-4-7-10-13-16-19-22-23-24-25-27-29-32-35-38-41-47(50)53-44-45(43-52-46(49)40-37-34-31-28-21-18-15-12-9-6-3)54-48(51)42-39-36-33-30-26-20-17-14-11-8-5-2/h7-8,10-11,13,16-17,19-20,22-25,27,30,33,45H,4-6,9,12,14-15,18,21,26,28-29,31-32,34-44H2,1-3H3/b10-7-,11-8-,16-13-,20-17-,22-19-,24-23-,27-25-,33-30-. The molecule has 0 aliphatic rings. The van der Waals surface area contributed by atoms with Gasteiger partial charge in [0.1, 0.15) is 13.2 Å². The fourth-order valence-electron chi connectivity index (χ4n) is 5.31. The molecule has 0 aromatic carbocycles. The maximum Gasteiger partial charge on any atom is 0.306 e. The van der Waals surface area contributed by atoms with Crippen LogP contribution < -0.4 is 0 Å². The molecule has 54 heavy (non-hydrogen) atoms. The Labute approximate surface area is 330 Å². The summed E-state index contributed by atoms with van der Waals surface area (Å²) in [5.74, 6) is -1.03. The Bertz CT molecular complexity index is 1140. The van der Waals surface area contributed by atoms with Crippen molar-refractivity contribution in [3.05, 3.63) is 97.2 Å². The second-order valence-corrected chi connectivity index (χ2v) is 13.6. The normalized spacial score (nSPS) is 13.0. The molecule has 6 nitrogen and oxygen atoms in total. The zero-order chi connectivity index (χ0) is 39.4. The highest BCUT2D eigenvalue weighted by Gasteiger charge is 2.19. The number of rotatable bonds is 36. The molecule has 0 rings (SSSR count). The summed E-state index contributed by atoms with van der Waals surface area (Å²) < 4.78 is 16.6. The van der Waals surface area contributed by atoms with Crippen molar-refractivity contribution >= 4 is 17.9 Å². The van der Waals surface area contributed by atoms with Gasteiger partial charge in [-0.3, -0.25) is 14.4 Å². The lowest BCUT2D eigenvalue weighted by Gasteiger charge is -2.18. The predicted molar refractivity (Wildman–Crippen MR) is 228 cm³/mol. The predicted octanol–water partition coefficient (Wildman–Crippen LogP) is 13.5. The van der Waals surface area contributed by atoms with Crippen LogP contribution in [0.15, 0.2) is 97.2 Å². The van der Waals surface area contributed by atoms with Gasteiger partial charge in [-0.1, -0.05) is 182 Å². The summed E-state index contributed by atoms with van der Waals surface area (Å²) in [4.78, 5) is 37.6. The molecule has 0 amide bonds. The first-order valence-corrected chi connectivity index (χ1v) is 21.3. The van der Waals surface area contributed by atoms with Crippen LogP contribution in [0, 0.1) is 0 Å². The average Bonchev–Trinajstić information content (AvgIpc) is 3.17. The molecule has 0 heterocycles. The van der Waals surface area contributed by atoms with Crippen LogP contribution in [0.2, 0.25) is 0 Å². The van der Waals surface area contributed by atoms with Crippen molar-refractivity contribution in [3.63, 3.8) is 0 Å². The molecular weight excluding hydrogens is 673 g/mol. The average molecular weight is 749 g/mol. The van der Waals surface area contributed by atoms with Crippen LogP contribution >= 0.6 is 0 Å². The lowest BCUT2D eigenvalue weighted by Crippen LogP contribution is -2.30. The van der Waals surface area contributed by atoms with Gasteiger partial charge in [0.2, 0.25) is 0 Å². The van der Waals surface area contributed by atoms with E-state index in [0.717, 1.165) is 77.0 Å². The van der Waals surface area contributed by atoms with Gasteiger partial charge in [0, 0.05) is 19.3 Å². The summed E-state index contributed by atoms with van der Waals surface area (Å²) in [6.07, 6.45) is 54.0. The highest BCUT2D eigenvalue weighted by molar-refractivity contribution is 5.71. The molecule has 0 N–H and O–H groups in total. The summed E-state index contributed by atoms with van der Waals surface area (Å²) in [7, 11) is 0. The highest BCUT2D eigenvalue weighted by atomic mass is 16.6. The Morgan fingerprint density at radius 1 is 0.407 bits per heavy atom. The molecule has 0 saturated carbocycles. The Hall–Kier alpha value is -3.67. The third kappa shape index (κ3) is 39.5. The molecule has 0 bridgehead atoms. The molecule has 0 spiro atoms. The van der Waals surface area contributed by atoms with Crippen LogP contribution in [-0.2, 0) is 28.6 Å². The summed E-state index contributed by atoms with van der Waals surface area (Å²) >= 11 is 0. The smallest absolute Gasteiger partial charge is 0.306 e. The lowest BCUT2D eigenvalue weighted by atomic mass is 10.1. The molecule has 0 fully saturated rings. The number of carbonyl (C=O) groups is 3. The van der Waals surface area contributed by atoms with E-state index in [1.165, 1.54) is 44.9 Å². The van der Waals surface area contributed by atoms with E-state index in [0.29, 0.717) is 19.3 Å². The van der Waals surface area contributed by atoms with E-state index in [1.807, 2.05) is 48.6 Å². The fourth-order valence-corrected chi connectivity index (χ4v) is 5.31. The van der Waals surface area contributed by atoms with E-state index in [9.17, 15) is 14.4 Å². The molecular formula is C48H76O6. The van der Waals surface area contributed by atoms with Crippen molar-refractivity contribution in [1.29, 1.82) is 0 Å². The molecule has 0 aromatic heterocycles. The molecule has 0 aliphatic heterocycles. The molecule has 6 heteroatoms. The van der Waals surface area contributed by atoms with Gasteiger partial charge in [0.05, 0.1) is 0 Å². The summed E-state index contributed by atoms with van der Waals surface area (Å²) in [6, 6.07) is 0. The maximum atomic E-state index is 12.6. The van der Waals surface area contributed by atoms with Crippen LogP contribution in [0.4, 0.5) is 0 Å². The monoisotopic (exact) mass is 749 g/mol. The number of esters is 3. The van der Waals surface area contributed by atoms with Crippen LogP contribution in [0.1, 0.15) is 168 Å². The van der Waals surface area contributed by atoms with Gasteiger partial charge in [0.15, 0.2) is 6.10 Å². The number of hydrogen-bond acceptors (Lipinski definition) is 6. The Kier molecular flexibility index (Phi) is 39.2. The quantitative estimate of drug-likeness (QED) is 0.0209. The Morgan fingerprint density at radius 3 is 1.39 bits per heavy atom. The number of hydrogen-bond donors (Lipinski definition) is 0. The van der Waals surface area contributed by atoms with Gasteiger partial charge in [-0.15, -0.1) is 0 Å². The zero-order valence-corrected chi connectivity index (χ0v) is 34.4. The molecule has 1 unspecified atom stereocenters. The van der Waals surface area contributed by atoms with E-state index in [-0.39, 0.29) is 37.5 Å². The number of ether oxygens (including phenoxy) is 3. The van der Waals surface area contributed by atoms with Crippen LogP contribution in [0.25, 0.3) is 0 Å². The topological polar surface area (TPSA) is 78.9 Å². The van der Waals surface area contributed by atoms with Crippen molar-refractivity contribution < 1.29 is 28.6 Å². The highest BCUT2D eigenvalue weighted by Crippen LogP contribution is 2.12. The Balaban J connectivity index is 4.54. The zero-order valence-electron chi connectivity index (χ0n) is 34.4. The number of allylic oxidation sites excluding steroid dienone is 16. The minimum absolute atomic E-state index is 0.112. The van der Waals surface area contributed by atoms with Gasteiger partial charge in [-0.25, -0.2) is 0 Å². The first kappa shape index (κ1) is 50.3. The third-order valence-corrected chi connectivity index (χ3v) is 8.46. The first-order chi connectivity index (χ1) is 26.5. The van der Waals surface area contributed by atoms with E-state index >= 15 is 0 Å². The van der Waals surface area contributed by atoms with Gasteiger partial charge in [-0.2, -0.15) is 0 Å². The minimum atomic E-state index is -0.817. The SMILES string of the molecule is CC\C=C/C=C\C=C/C=C\C=C/CCCCCC(=O)OCC(COC(=O)CCCCCCCCCCCC)OC(=O)CCC/C=C\C/C=C\C/C=C\CC. The molecule has 0 aromatic rings.